The summed E-state index contributed by atoms with van der Waals surface area (Å²) in [6, 6.07) is 9.81. The summed E-state index contributed by atoms with van der Waals surface area (Å²) >= 11 is 0. The summed E-state index contributed by atoms with van der Waals surface area (Å²) < 4.78 is 5.45. The molecule has 0 saturated carbocycles. The van der Waals surface area contributed by atoms with E-state index in [-0.39, 0.29) is 5.91 Å². The first kappa shape index (κ1) is 19.1. The fourth-order valence-electron chi connectivity index (χ4n) is 3.03. The summed E-state index contributed by atoms with van der Waals surface area (Å²) in [6.07, 6.45) is 3.46. The predicted octanol–water partition coefficient (Wildman–Crippen LogP) is 2.93. The Balaban J connectivity index is 1.76. The van der Waals surface area contributed by atoms with Crippen LogP contribution >= 0.6 is 0 Å². The molecule has 0 atom stereocenters. The van der Waals surface area contributed by atoms with E-state index in [0.717, 1.165) is 57.1 Å². The van der Waals surface area contributed by atoms with Crippen molar-refractivity contribution in [3.8, 4) is 0 Å². The maximum absolute atomic E-state index is 12.6. The minimum atomic E-state index is -0.0876. The van der Waals surface area contributed by atoms with Gasteiger partial charge in [-0.05, 0) is 18.6 Å². The normalized spacial score (nSPS) is 14.1. The smallest absolute Gasteiger partial charge is 0.272 e. The molecule has 144 valence electrons. The zero-order valence-electron chi connectivity index (χ0n) is 16.0. The fourth-order valence-corrected chi connectivity index (χ4v) is 3.03. The highest BCUT2D eigenvalue weighted by molar-refractivity contribution is 5.93. The van der Waals surface area contributed by atoms with Crippen LogP contribution in [0.3, 0.4) is 0 Å². The lowest BCUT2D eigenvalue weighted by Gasteiger charge is -2.30. The Morgan fingerprint density at radius 1 is 1.26 bits per heavy atom. The second kappa shape index (κ2) is 9.32. The highest BCUT2D eigenvalue weighted by atomic mass is 16.5. The molecule has 0 unspecified atom stereocenters. The van der Waals surface area contributed by atoms with E-state index < -0.39 is 0 Å². The number of carbonyl (C=O) groups is 1. The lowest BCUT2D eigenvalue weighted by atomic mass is 10.2. The van der Waals surface area contributed by atoms with Gasteiger partial charge in [-0.25, -0.2) is 9.97 Å². The van der Waals surface area contributed by atoms with Crippen LogP contribution in [0.2, 0.25) is 0 Å². The van der Waals surface area contributed by atoms with Crippen molar-refractivity contribution in [3.63, 3.8) is 0 Å². The first-order valence-electron chi connectivity index (χ1n) is 9.45. The van der Waals surface area contributed by atoms with E-state index in [1.54, 1.807) is 18.0 Å². The molecule has 1 N–H and O–H groups in total. The Labute approximate surface area is 160 Å². The van der Waals surface area contributed by atoms with Crippen LogP contribution < -0.4 is 10.2 Å². The zero-order chi connectivity index (χ0) is 19.1. The molecule has 0 aliphatic carbocycles. The molecule has 7 nitrogen and oxygen atoms in total. The van der Waals surface area contributed by atoms with Crippen molar-refractivity contribution >= 4 is 23.1 Å². The van der Waals surface area contributed by atoms with E-state index in [2.05, 4.69) is 33.2 Å². The van der Waals surface area contributed by atoms with Gasteiger partial charge in [0.1, 0.15) is 17.8 Å². The number of morpholine rings is 1. The van der Waals surface area contributed by atoms with Crippen LogP contribution in [0.25, 0.3) is 0 Å². The minimum absolute atomic E-state index is 0.0876. The van der Waals surface area contributed by atoms with Gasteiger partial charge >= 0.3 is 0 Å². The van der Waals surface area contributed by atoms with Crippen molar-refractivity contribution in [3.05, 3.63) is 42.4 Å². The average molecular weight is 369 g/mol. The Kier molecular flexibility index (Phi) is 6.59. The van der Waals surface area contributed by atoms with Crippen molar-refractivity contribution in [2.45, 2.75) is 19.8 Å². The summed E-state index contributed by atoms with van der Waals surface area (Å²) in [7, 11) is 1.81. The molecule has 7 heteroatoms. The van der Waals surface area contributed by atoms with Gasteiger partial charge in [-0.2, -0.15) is 0 Å². The largest absolute Gasteiger partial charge is 0.378 e. The van der Waals surface area contributed by atoms with Crippen LogP contribution in [0.5, 0.6) is 0 Å². The van der Waals surface area contributed by atoms with Crippen molar-refractivity contribution in [2.24, 2.45) is 0 Å². The maximum Gasteiger partial charge on any atom is 0.272 e. The number of nitrogens with zero attached hydrogens (tertiary/aromatic N) is 4. The van der Waals surface area contributed by atoms with Crippen LogP contribution in [0, 0.1) is 0 Å². The molecule has 1 saturated heterocycles. The number of rotatable bonds is 7. The van der Waals surface area contributed by atoms with E-state index in [0.29, 0.717) is 11.5 Å². The number of hydrogen-bond donors (Lipinski definition) is 1. The van der Waals surface area contributed by atoms with Crippen LogP contribution in [-0.4, -0.2) is 60.7 Å². The standard InChI is InChI=1S/C20H27N5O2/c1-3-4-9-24(2)20(26)17-14-19(22-15-21-17)23-16-7-5-6-8-18(16)25-10-12-27-13-11-25/h5-8,14-15H,3-4,9-13H2,1-2H3,(H,21,22,23). The molecule has 1 aliphatic rings. The second-order valence-corrected chi connectivity index (χ2v) is 6.61. The van der Waals surface area contributed by atoms with Crippen molar-refractivity contribution in [2.75, 3.05) is 50.1 Å². The summed E-state index contributed by atoms with van der Waals surface area (Å²) in [5.41, 5.74) is 2.46. The first-order valence-corrected chi connectivity index (χ1v) is 9.45. The molecule has 0 radical (unpaired) electrons. The van der Waals surface area contributed by atoms with Gasteiger partial charge in [0.2, 0.25) is 0 Å². The van der Waals surface area contributed by atoms with Crippen molar-refractivity contribution < 1.29 is 9.53 Å². The Bertz CT molecular complexity index is 762. The molecule has 0 bridgehead atoms. The minimum Gasteiger partial charge on any atom is -0.378 e. The van der Waals surface area contributed by atoms with E-state index in [9.17, 15) is 4.79 Å². The summed E-state index contributed by atoms with van der Waals surface area (Å²) in [4.78, 5) is 25.0. The maximum atomic E-state index is 12.6. The van der Waals surface area contributed by atoms with Gasteiger partial charge in [0.25, 0.3) is 5.91 Å². The zero-order valence-corrected chi connectivity index (χ0v) is 16.0. The Hall–Kier alpha value is -2.67. The van der Waals surface area contributed by atoms with E-state index in [1.165, 1.54) is 6.33 Å². The lowest BCUT2D eigenvalue weighted by Crippen LogP contribution is -2.36. The van der Waals surface area contributed by atoms with Gasteiger partial charge in [-0.1, -0.05) is 25.5 Å². The number of nitrogens with one attached hydrogen (secondary N) is 1. The number of hydrogen-bond acceptors (Lipinski definition) is 6. The number of ether oxygens (including phenoxy) is 1. The molecule has 3 rings (SSSR count). The van der Waals surface area contributed by atoms with Crippen molar-refractivity contribution in [1.29, 1.82) is 0 Å². The van der Waals surface area contributed by atoms with Crippen LogP contribution in [0.4, 0.5) is 17.2 Å². The molecule has 2 heterocycles. The molecule has 1 amide bonds. The first-order chi connectivity index (χ1) is 13.2. The number of amides is 1. The SMILES string of the molecule is CCCCN(C)C(=O)c1cc(Nc2ccccc2N2CCOCC2)ncn1. The lowest BCUT2D eigenvalue weighted by molar-refractivity contribution is 0.0787. The molecule has 2 aromatic rings. The number of benzene rings is 1. The number of para-hydroxylation sites is 2. The third-order valence-electron chi connectivity index (χ3n) is 4.60. The summed E-state index contributed by atoms with van der Waals surface area (Å²) in [6.45, 7) is 6.00. The molecular weight excluding hydrogens is 342 g/mol. The molecule has 1 fully saturated rings. The molecule has 1 aromatic carbocycles. The van der Waals surface area contributed by atoms with Gasteiger partial charge in [-0.3, -0.25) is 4.79 Å². The number of carbonyl (C=O) groups excluding carboxylic acids is 1. The van der Waals surface area contributed by atoms with Gasteiger partial charge < -0.3 is 19.9 Å². The molecule has 27 heavy (non-hydrogen) atoms. The third kappa shape index (κ3) is 4.95. The average Bonchev–Trinajstić information content (AvgIpc) is 2.72. The van der Waals surface area contributed by atoms with Gasteiger partial charge in [0, 0.05) is 32.7 Å². The van der Waals surface area contributed by atoms with Gasteiger partial charge in [0.15, 0.2) is 0 Å². The van der Waals surface area contributed by atoms with Crippen LogP contribution in [-0.2, 0) is 4.74 Å². The van der Waals surface area contributed by atoms with Gasteiger partial charge in [0.05, 0.1) is 24.6 Å². The van der Waals surface area contributed by atoms with Crippen LogP contribution in [0.1, 0.15) is 30.3 Å². The van der Waals surface area contributed by atoms with E-state index in [1.807, 2.05) is 18.2 Å². The van der Waals surface area contributed by atoms with E-state index >= 15 is 0 Å². The molecular formula is C20H27N5O2. The van der Waals surface area contributed by atoms with E-state index in [4.69, 9.17) is 4.74 Å². The quantitative estimate of drug-likeness (QED) is 0.809. The van der Waals surface area contributed by atoms with Gasteiger partial charge in [-0.15, -0.1) is 0 Å². The predicted molar refractivity (Wildman–Crippen MR) is 107 cm³/mol. The Morgan fingerprint density at radius 2 is 2.04 bits per heavy atom. The molecule has 0 spiro atoms. The number of anilines is 3. The van der Waals surface area contributed by atoms with Crippen LogP contribution in [0.15, 0.2) is 36.7 Å². The number of unbranched alkanes of at least 4 members (excludes halogenated alkanes) is 1. The molecule has 1 aliphatic heterocycles. The monoisotopic (exact) mass is 369 g/mol. The number of aromatic nitrogens is 2. The Morgan fingerprint density at radius 3 is 2.81 bits per heavy atom. The third-order valence-corrected chi connectivity index (χ3v) is 4.60. The topological polar surface area (TPSA) is 70.6 Å². The summed E-state index contributed by atoms with van der Waals surface area (Å²) in [5.74, 6) is 0.522. The highest BCUT2D eigenvalue weighted by Crippen LogP contribution is 2.28. The summed E-state index contributed by atoms with van der Waals surface area (Å²) in [5, 5.41) is 3.34. The second-order valence-electron chi connectivity index (χ2n) is 6.61. The fraction of sp³-hybridized carbons (Fsp3) is 0.450. The highest BCUT2D eigenvalue weighted by Gasteiger charge is 2.16. The molecule has 1 aromatic heterocycles. The van der Waals surface area contributed by atoms with Crippen molar-refractivity contribution in [1.82, 2.24) is 14.9 Å².